The van der Waals surface area contributed by atoms with Crippen LogP contribution in [0.15, 0.2) is 21.1 Å². The van der Waals surface area contributed by atoms with Crippen molar-refractivity contribution in [3.63, 3.8) is 0 Å². The van der Waals surface area contributed by atoms with Crippen molar-refractivity contribution in [3.05, 3.63) is 26.6 Å². The van der Waals surface area contributed by atoms with Crippen molar-refractivity contribution < 1.29 is 9.31 Å². The highest BCUT2D eigenvalue weighted by Crippen LogP contribution is 2.21. The van der Waals surface area contributed by atoms with Crippen LogP contribution in [0, 0.1) is 6.92 Å². The van der Waals surface area contributed by atoms with Gasteiger partial charge in [0.2, 0.25) is 0 Å². The number of halogens is 2. The summed E-state index contributed by atoms with van der Waals surface area (Å²) in [5, 5.41) is 0. The molecule has 0 N–H and O–H groups in total. The van der Waals surface area contributed by atoms with Gasteiger partial charge < -0.3 is 9.31 Å². The second-order valence-corrected chi connectivity index (χ2v) is 5.30. The summed E-state index contributed by atoms with van der Waals surface area (Å²) < 4.78 is 13.3. The molecule has 0 spiro atoms. The number of benzene rings is 1. The highest BCUT2D eigenvalue weighted by atomic mass is 79.9. The number of hydrogen-bond acceptors (Lipinski definition) is 2. The molecule has 0 radical (unpaired) electrons. The second kappa shape index (κ2) is 5.00. The Morgan fingerprint density at radius 1 is 1.20 bits per heavy atom. The van der Waals surface area contributed by atoms with E-state index in [0.717, 1.165) is 34.0 Å². The van der Waals surface area contributed by atoms with Gasteiger partial charge in [-0.05, 0) is 36.5 Å². The van der Waals surface area contributed by atoms with Crippen LogP contribution in [-0.2, 0) is 9.31 Å². The van der Waals surface area contributed by atoms with Gasteiger partial charge >= 0.3 is 7.12 Å². The van der Waals surface area contributed by atoms with Gasteiger partial charge in [0.1, 0.15) is 0 Å². The Labute approximate surface area is 107 Å². The minimum Gasteiger partial charge on any atom is -0.407 e. The molecule has 0 bridgehead atoms. The van der Waals surface area contributed by atoms with Gasteiger partial charge in [-0.15, -0.1) is 0 Å². The summed E-state index contributed by atoms with van der Waals surface area (Å²) in [6.07, 6.45) is 0.977. The quantitative estimate of drug-likeness (QED) is 0.736. The first-order valence-electron chi connectivity index (χ1n) is 4.87. The molecule has 1 aromatic carbocycles. The van der Waals surface area contributed by atoms with Crippen molar-refractivity contribution in [1.29, 1.82) is 0 Å². The van der Waals surface area contributed by atoms with Gasteiger partial charge in [-0.3, -0.25) is 0 Å². The van der Waals surface area contributed by atoms with Crippen LogP contribution in [0.1, 0.15) is 12.0 Å². The predicted octanol–water partition coefficient (Wildman–Crippen LogP) is 2.65. The van der Waals surface area contributed by atoms with E-state index in [1.165, 1.54) is 5.56 Å². The third-order valence-electron chi connectivity index (χ3n) is 2.43. The van der Waals surface area contributed by atoms with Gasteiger partial charge in [-0.2, -0.15) is 0 Å². The first kappa shape index (κ1) is 11.6. The molecule has 0 amide bonds. The topological polar surface area (TPSA) is 18.5 Å². The Hall–Kier alpha value is 0.165. The summed E-state index contributed by atoms with van der Waals surface area (Å²) in [4.78, 5) is 0. The van der Waals surface area contributed by atoms with E-state index in [1.54, 1.807) is 0 Å². The molecule has 80 valence electrons. The Morgan fingerprint density at radius 3 is 2.53 bits per heavy atom. The lowest BCUT2D eigenvalue weighted by atomic mass is 9.75. The fourth-order valence-corrected chi connectivity index (χ4v) is 2.84. The lowest BCUT2D eigenvalue weighted by Gasteiger charge is -2.21. The SMILES string of the molecule is Cc1c(Br)cc(Br)cc1B1OCCCO1. The first-order chi connectivity index (χ1) is 7.18. The van der Waals surface area contributed by atoms with E-state index in [-0.39, 0.29) is 7.12 Å². The van der Waals surface area contributed by atoms with Gasteiger partial charge in [0.05, 0.1) is 0 Å². The van der Waals surface area contributed by atoms with Crippen molar-refractivity contribution in [2.75, 3.05) is 13.2 Å². The zero-order chi connectivity index (χ0) is 10.8. The standard InChI is InChI=1S/C10H11BBr2O2/c1-7-9(5-8(12)6-10(7)13)11-14-3-2-4-15-11/h5-6H,2-4H2,1H3. The van der Waals surface area contributed by atoms with Crippen LogP contribution in [0.3, 0.4) is 0 Å². The lowest BCUT2D eigenvalue weighted by Crippen LogP contribution is -2.42. The van der Waals surface area contributed by atoms with Crippen molar-refractivity contribution in [1.82, 2.24) is 0 Å². The van der Waals surface area contributed by atoms with Crippen LogP contribution >= 0.6 is 31.9 Å². The van der Waals surface area contributed by atoms with E-state index in [1.807, 2.05) is 6.07 Å². The molecule has 1 fully saturated rings. The monoisotopic (exact) mass is 332 g/mol. The van der Waals surface area contributed by atoms with E-state index < -0.39 is 0 Å². The maximum atomic E-state index is 5.59. The summed E-state index contributed by atoms with van der Waals surface area (Å²) in [6, 6.07) is 4.08. The maximum absolute atomic E-state index is 5.59. The maximum Gasteiger partial charge on any atom is 0.494 e. The minimum atomic E-state index is -0.215. The molecule has 0 unspecified atom stereocenters. The summed E-state index contributed by atoms with van der Waals surface area (Å²) in [7, 11) is -0.215. The molecule has 1 saturated heterocycles. The summed E-state index contributed by atoms with van der Waals surface area (Å²) in [5.41, 5.74) is 2.26. The average molecular weight is 334 g/mol. The second-order valence-electron chi connectivity index (χ2n) is 3.53. The highest BCUT2D eigenvalue weighted by molar-refractivity contribution is 9.11. The van der Waals surface area contributed by atoms with Crippen molar-refractivity contribution in [2.45, 2.75) is 13.3 Å². The van der Waals surface area contributed by atoms with E-state index in [0.29, 0.717) is 0 Å². The molecule has 1 aliphatic heterocycles. The normalized spacial score (nSPS) is 16.9. The van der Waals surface area contributed by atoms with Gasteiger partial charge in [-0.25, -0.2) is 0 Å². The largest absolute Gasteiger partial charge is 0.494 e. The molecule has 0 atom stereocenters. The lowest BCUT2D eigenvalue weighted by molar-refractivity contribution is 0.143. The van der Waals surface area contributed by atoms with Gasteiger partial charge in [0.25, 0.3) is 0 Å². The molecule has 1 aliphatic rings. The third kappa shape index (κ3) is 2.64. The fraction of sp³-hybridized carbons (Fsp3) is 0.400. The molecular weight excluding hydrogens is 323 g/mol. The Bertz CT molecular complexity index is 365. The molecule has 5 heteroatoms. The van der Waals surface area contributed by atoms with E-state index >= 15 is 0 Å². The van der Waals surface area contributed by atoms with E-state index in [4.69, 9.17) is 9.31 Å². The van der Waals surface area contributed by atoms with Crippen LogP contribution in [0.25, 0.3) is 0 Å². The number of rotatable bonds is 1. The van der Waals surface area contributed by atoms with E-state index in [9.17, 15) is 0 Å². The van der Waals surface area contributed by atoms with Crippen molar-refractivity contribution in [3.8, 4) is 0 Å². The third-order valence-corrected chi connectivity index (χ3v) is 3.71. The van der Waals surface area contributed by atoms with Crippen LogP contribution in [0.4, 0.5) is 0 Å². The minimum absolute atomic E-state index is 0.215. The summed E-state index contributed by atoms with van der Waals surface area (Å²) in [5.74, 6) is 0. The van der Waals surface area contributed by atoms with Gasteiger partial charge in [0.15, 0.2) is 0 Å². The summed E-state index contributed by atoms with van der Waals surface area (Å²) >= 11 is 7.00. The number of hydrogen-bond donors (Lipinski definition) is 0. The smallest absolute Gasteiger partial charge is 0.407 e. The molecule has 2 nitrogen and oxygen atoms in total. The van der Waals surface area contributed by atoms with Crippen LogP contribution in [0.2, 0.25) is 0 Å². The first-order valence-corrected chi connectivity index (χ1v) is 6.46. The fourth-order valence-electron chi connectivity index (χ4n) is 1.58. The zero-order valence-electron chi connectivity index (χ0n) is 8.43. The Kier molecular flexibility index (Phi) is 3.88. The average Bonchev–Trinajstić information content (AvgIpc) is 2.24. The molecular formula is C10H11BBr2O2. The predicted molar refractivity (Wildman–Crippen MR) is 68.5 cm³/mol. The molecule has 15 heavy (non-hydrogen) atoms. The van der Waals surface area contributed by atoms with Crippen LogP contribution < -0.4 is 5.46 Å². The Balaban J connectivity index is 2.33. The van der Waals surface area contributed by atoms with E-state index in [2.05, 4.69) is 44.8 Å². The molecule has 2 rings (SSSR count). The molecule has 1 aromatic rings. The molecule has 1 heterocycles. The van der Waals surface area contributed by atoms with Crippen molar-refractivity contribution in [2.24, 2.45) is 0 Å². The van der Waals surface area contributed by atoms with Crippen LogP contribution in [0.5, 0.6) is 0 Å². The van der Waals surface area contributed by atoms with Crippen molar-refractivity contribution >= 4 is 44.4 Å². The molecule has 0 aromatic heterocycles. The molecule has 0 saturated carbocycles. The van der Waals surface area contributed by atoms with Crippen LogP contribution in [-0.4, -0.2) is 20.3 Å². The Morgan fingerprint density at radius 2 is 1.87 bits per heavy atom. The summed E-state index contributed by atoms with van der Waals surface area (Å²) in [6.45, 7) is 3.61. The zero-order valence-corrected chi connectivity index (χ0v) is 11.6. The van der Waals surface area contributed by atoms with Gasteiger partial charge in [-0.1, -0.05) is 31.9 Å². The van der Waals surface area contributed by atoms with Gasteiger partial charge in [0, 0.05) is 22.2 Å². The highest BCUT2D eigenvalue weighted by Gasteiger charge is 2.27. The molecule has 0 aliphatic carbocycles.